The van der Waals surface area contributed by atoms with Gasteiger partial charge >= 0.3 is 5.97 Å². The highest BCUT2D eigenvalue weighted by Gasteiger charge is 2.64. The minimum absolute atomic E-state index is 0.0414. The van der Waals surface area contributed by atoms with Crippen molar-refractivity contribution in [1.29, 1.82) is 0 Å². The predicted molar refractivity (Wildman–Crippen MR) is 109 cm³/mol. The van der Waals surface area contributed by atoms with Gasteiger partial charge in [-0.3, -0.25) is 14.5 Å². The Kier molecular flexibility index (Phi) is 4.24. The van der Waals surface area contributed by atoms with Gasteiger partial charge in [0.25, 0.3) is 5.91 Å². The van der Waals surface area contributed by atoms with Crippen LogP contribution in [0.15, 0.2) is 53.0 Å². The minimum Gasteiger partial charge on any atom is -0.458 e. The van der Waals surface area contributed by atoms with Crippen molar-refractivity contribution in [3.63, 3.8) is 0 Å². The molecule has 0 spiro atoms. The van der Waals surface area contributed by atoms with Crippen LogP contribution in [0.5, 0.6) is 0 Å². The largest absolute Gasteiger partial charge is 0.458 e. The van der Waals surface area contributed by atoms with Gasteiger partial charge in [-0.25, -0.2) is 4.79 Å². The molecule has 1 aliphatic carbocycles. The van der Waals surface area contributed by atoms with E-state index in [-0.39, 0.29) is 37.3 Å². The number of benzene rings is 2. The van der Waals surface area contributed by atoms with Crippen LogP contribution in [0.2, 0.25) is 0 Å². The molecular weight excluding hydrogens is 436 g/mol. The lowest BCUT2D eigenvalue weighted by molar-refractivity contribution is -0.159. The molecule has 6 nitrogen and oxygen atoms in total. The van der Waals surface area contributed by atoms with Crippen LogP contribution in [0.1, 0.15) is 41.6 Å². The summed E-state index contributed by atoms with van der Waals surface area (Å²) in [4.78, 5) is 42.9. The van der Waals surface area contributed by atoms with Gasteiger partial charge in [0.2, 0.25) is 11.6 Å². The lowest BCUT2D eigenvalue weighted by Gasteiger charge is -2.48. The third-order valence-electron chi connectivity index (χ3n) is 5.86. The summed E-state index contributed by atoms with van der Waals surface area (Å²) in [5.41, 5.74) is 0.387. The van der Waals surface area contributed by atoms with Crippen molar-refractivity contribution >= 4 is 39.4 Å². The van der Waals surface area contributed by atoms with Crippen molar-refractivity contribution in [3.8, 4) is 0 Å². The maximum atomic E-state index is 13.5. The Balaban J connectivity index is 1.56. The van der Waals surface area contributed by atoms with Gasteiger partial charge < -0.3 is 9.64 Å². The third-order valence-corrected chi connectivity index (χ3v) is 6.63. The van der Waals surface area contributed by atoms with Crippen molar-refractivity contribution < 1.29 is 19.1 Å². The highest BCUT2D eigenvalue weighted by molar-refractivity contribution is 9.10. The number of fused-ring (bicyclic) bond motifs is 3. The molecule has 2 fully saturated rings. The number of hydrogen-bond donors (Lipinski definition) is 0. The number of para-hydroxylation sites is 1. The molecule has 5 rings (SSSR count). The van der Waals surface area contributed by atoms with E-state index in [1.165, 1.54) is 4.90 Å². The molecule has 0 bridgehead atoms. The fourth-order valence-corrected chi connectivity index (χ4v) is 4.79. The van der Waals surface area contributed by atoms with Crippen LogP contribution >= 0.6 is 15.9 Å². The Morgan fingerprint density at radius 3 is 2.59 bits per heavy atom. The Labute approximate surface area is 176 Å². The van der Waals surface area contributed by atoms with Gasteiger partial charge in [-0.05, 0) is 31.0 Å². The monoisotopic (exact) mass is 454 g/mol. The zero-order valence-corrected chi connectivity index (χ0v) is 17.2. The summed E-state index contributed by atoms with van der Waals surface area (Å²) in [6.07, 6.45) is 2.11. The van der Waals surface area contributed by atoms with Crippen LogP contribution in [0.4, 0.5) is 5.69 Å². The van der Waals surface area contributed by atoms with Crippen molar-refractivity contribution in [2.45, 2.75) is 44.0 Å². The second-order valence-electron chi connectivity index (χ2n) is 7.64. The van der Waals surface area contributed by atoms with E-state index in [1.54, 1.807) is 29.2 Å². The van der Waals surface area contributed by atoms with E-state index >= 15 is 0 Å². The first-order valence-electron chi connectivity index (χ1n) is 9.70. The molecule has 29 heavy (non-hydrogen) atoms. The lowest BCUT2D eigenvalue weighted by atomic mass is 9.96. The zero-order chi connectivity index (χ0) is 20.2. The van der Waals surface area contributed by atoms with E-state index < -0.39 is 11.6 Å². The first-order chi connectivity index (χ1) is 14.0. The molecule has 1 saturated heterocycles. The van der Waals surface area contributed by atoms with Gasteiger partial charge in [0, 0.05) is 28.9 Å². The molecular formula is C22H19BrN2O4. The van der Waals surface area contributed by atoms with Gasteiger partial charge in [0.1, 0.15) is 6.61 Å². The van der Waals surface area contributed by atoms with E-state index in [0.29, 0.717) is 11.3 Å². The molecule has 1 saturated carbocycles. The number of amides is 2. The summed E-state index contributed by atoms with van der Waals surface area (Å²) in [7, 11) is 0. The molecule has 0 radical (unpaired) electrons. The second kappa shape index (κ2) is 6.69. The summed E-state index contributed by atoms with van der Waals surface area (Å²) in [5.74, 6) is -0.908. The summed E-state index contributed by atoms with van der Waals surface area (Å²) < 4.78 is 6.56. The van der Waals surface area contributed by atoms with E-state index in [2.05, 4.69) is 15.9 Å². The fourth-order valence-electron chi connectivity index (χ4n) is 4.39. The SMILES string of the molecule is O=C1CC[C@@]2(C(=O)OCc3ccccc3Br)N1c1ccccc1C(=O)N2C1CC1. The summed E-state index contributed by atoms with van der Waals surface area (Å²) in [6.45, 7) is 0.0678. The highest BCUT2D eigenvalue weighted by Crippen LogP contribution is 2.49. The van der Waals surface area contributed by atoms with E-state index in [1.807, 2.05) is 24.3 Å². The normalized spacial score (nSPS) is 23.1. The Bertz CT molecular complexity index is 1030. The van der Waals surface area contributed by atoms with Crippen molar-refractivity contribution in [2.75, 3.05) is 4.90 Å². The molecule has 2 aromatic carbocycles. The van der Waals surface area contributed by atoms with Gasteiger partial charge in [-0.15, -0.1) is 0 Å². The average Bonchev–Trinajstić information content (AvgIpc) is 3.50. The number of anilines is 1. The molecule has 2 aromatic rings. The quantitative estimate of drug-likeness (QED) is 0.661. The van der Waals surface area contributed by atoms with Gasteiger partial charge in [-0.1, -0.05) is 46.3 Å². The Morgan fingerprint density at radius 2 is 1.83 bits per heavy atom. The second-order valence-corrected chi connectivity index (χ2v) is 8.49. The van der Waals surface area contributed by atoms with Crippen LogP contribution in [0.25, 0.3) is 0 Å². The maximum Gasteiger partial charge on any atom is 0.354 e. The topological polar surface area (TPSA) is 66.9 Å². The van der Waals surface area contributed by atoms with Crippen molar-refractivity contribution in [1.82, 2.24) is 4.90 Å². The fraction of sp³-hybridized carbons (Fsp3) is 0.318. The van der Waals surface area contributed by atoms with Crippen LogP contribution in [0.3, 0.4) is 0 Å². The van der Waals surface area contributed by atoms with Gasteiger partial charge in [0.05, 0.1) is 11.3 Å². The molecule has 2 heterocycles. The zero-order valence-electron chi connectivity index (χ0n) is 15.6. The van der Waals surface area contributed by atoms with Gasteiger partial charge in [0.15, 0.2) is 0 Å². The molecule has 2 amide bonds. The predicted octanol–water partition coefficient (Wildman–Crippen LogP) is 3.63. The average molecular weight is 455 g/mol. The first-order valence-corrected chi connectivity index (χ1v) is 10.5. The highest BCUT2D eigenvalue weighted by atomic mass is 79.9. The summed E-state index contributed by atoms with van der Waals surface area (Å²) in [5, 5.41) is 0. The smallest absolute Gasteiger partial charge is 0.354 e. The van der Waals surface area contributed by atoms with E-state index in [4.69, 9.17) is 4.74 Å². The summed E-state index contributed by atoms with van der Waals surface area (Å²) >= 11 is 3.46. The molecule has 0 unspecified atom stereocenters. The van der Waals surface area contributed by atoms with Crippen LogP contribution in [0, 0.1) is 0 Å². The number of esters is 1. The summed E-state index contributed by atoms with van der Waals surface area (Å²) in [6, 6.07) is 14.5. The number of rotatable bonds is 4. The molecule has 0 N–H and O–H groups in total. The first kappa shape index (κ1) is 18.4. The molecule has 7 heteroatoms. The van der Waals surface area contributed by atoms with Crippen LogP contribution in [-0.4, -0.2) is 34.4 Å². The third kappa shape index (κ3) is 2.71. The van der Waals surface area contributed by atoms with Gasteiger partial charge in [-0.2, -0.15) is 0 Å². The number of ether oxygens (including phenoxy) is 1. The van der Waals surface area contributed by atoms with Crippen LogP contribution in [-0.2, 0) is 20.9 Å². The number of hydrogen-bond acceptors (Lipinski definition) is 4. The maximum absolute atomic E-state index is 13.5. The molecule has 3 aliphatic rings. The van der Waals surface area contributed by atoms with Crippen molar-refractivity contribution in [2.24, 2.45) is 0 Å². The van der Waals surface area contributed by atoms with E-state index in [9.17, 15) is 14.4 Å². The Morgan fingerprint density at radius 1 is 1.10 bits per heavy atom. The molecule has 148 valence electrons. The van der Waals surface area contributed by atoms with E-state index in [0.717, 1.165) is 22.9 Å². The molecule has 0 aromatic heterocycles. The Hall–Kier alpha value is -2.67. The standard InChI is InChI=1S/C22H19BrN2O4/c23-17-7-3-1-5-14(17)13-29-21(28)22-12-11-19(26)25(22)18-8-4-2-6-16(18)20(27)24(22)15-9-10-15/h1-8,15H,9-13H2/t22-/m0/s1. The number of nitrogens with zero attached hydrogens (tertiary/aromatic N) is 2. The molecule has 2 aliphatic heterocycles. The molecule has 1 atom stereocenters. The lowest BCUT2D eigenvalue weighted by Crippen LogP contribution is -2.69. The minimum atomic E-state index is -1.40. The van der Waals surface area contributed by atoms with Crippen molar-refractivity contribution in [3.05, 3.63) is 64.1 Å². The number of carbonyl (C=O) groups is 3. The number of halogens is 1. The number of carbonyl (C=O) groups excluding carboxylic acids is 3. The van der Waals surface area contributed by atoms with Crippen LogP contribution < -0.4 is 4.90 Å².